The van der Waals surface area contributed by atoms with Gasteiger partial charge < -0.3 is 33.3 Å². The molecule has 4 rings (SSSR count). The van der Waals surface area contributed by atoms with E-state index in [0.29, 0.717) is 50.8 Å². The van der Waals surface area contributed by atoms with E-state index in [1.165, 1.54) is 0 Å². The van der Waals surface area contributed by atoms with Gasteiger partial charge in [0.2, 0.25) is 10.0 Å². The molecule has 1 aliphatic rings. The number of H-pyrrole nitrogens is 1. The number of aromatic amines is 1. The number of nitrogens with one attached hydrogen (secondary N) is 2. The Hall–Kier alpha value is -2.96. The molecule has 1 atom stereocenters. The molecule has 0 spiro atoms. The topological polar surface area (TPSA) is 129 Å². The number of benzene rings is 1. The summed E-state index contributed by atoms with van der Waals surface area (Å²) in [5.41, 5.74) is 2.71. The maximum Gasteiger partial charge on any atom is 0.332 e. The van der Waals surface area contributed by atoms with Crippen LogP contribution in [0.3, 0.4) is 0 Å². The summed E-state index contributed by atoms with van der Waals surface area (Å²) in [5, 5.41) is 0.763. The molecule has 2 aromatic heterocycles. The van der Waals surface area contributed by atoms with E-state index in [0.717, 1.165) is 41.6 Å². The average molecular weight is 621 g/mol. The lowest BCUT2D eigenvalue weighted by atomic mass is 10.2. The van der Waals surface area contributed by atoms with Gasteiger partial charge in [0.05, 0.1) is 25.2 Å². The standard InChI is InChI=1S/C28H41N6O6PS/c1-6-39-41(38-4)40-18-17-34(21(2)3)26-9-7-12-29-27(26)32-13-8-14-33(16-15-32)28(35)25-20-22-19-23(31-42(5,36)37)10-11-24(22)30-25/h7,9-12,19-21,30-31H,6,8,13-18H2,1-5H3. The van der Waals surface area contributed by atoms with Gasteiger partial charge in [-0.15, -0.1) is 0 Å². The van der Waals surface area contributed by atoms with Crippen LogP contribution < -0.4 is 14.5 Å². The Kier molecular flexibility index (Phi) is 11.0. The first kappa shape index (κ1) is 32.0. The second kappa shape index (κ2) is 14.5. The summed E-state index contributed by atoms with van der Waals surface area (Å²) >= 11 is 0. The minimum absolute atomic E-state index is 0.0863. The quantitative estimate of drug-likeness (QED) is 0.267. The normalized spacial score (nSPS) is 15.2. The number of nitrogens with zero attached hydrogens (tertiary/aromatic N) is 4. The van der Waals surface area contributed by atoms with Crippen LogP contribution in [0.5, 0.6) is 0 Å². The number of carbonyl (C=O) groups is 1. The van der Waals surface area contributed by atoms with Gasteiger partial charge in [-0.05, 0) is 63.6 Å². The Morgan fingerprint density at radius 1 is 1.17 bits per heavy atom. The van der Waals surface area contributed by atoms with E-state index >= 15 is 0 Å². The van der Waals surface area contributed by atoms with Crippen molar-refractivity contribution < 1.29 is 26.8 Å². The number of hydrogen-bond donors (Lipinski definition) is 2. The van der Waals surface area contributed by atoms with Crippen molar-refractivity contribution in [3.63, 3.8) is 0 Å². The Morgan fingerprint density at radius 2 is 1.98 bits per heavy atom. The third-order valence-electron chi connectivity index (χ3n) is 6.85. The van der Waals surface area contributed by atoms with Crippen molar-refractivity contribution in [3.05, 3.63) is 48.3 Å². The minimum Gasteiger partial charge on any atom is -0.364 e. The van der Waals surface area contributed by atoms with Crippen LogP contribution >= 0.6 is 8.60 Å². The van der Waals surface area contributed by atoms with E-state index < -0.39 is 18.6 Å². The fourth-order valence-corrected chi connectivity index (χ4v) is 6.29. The number of anilines is 3. The van der Waals surface area contributed by atoms with Crippen molar-refractivity contribution in [2.45, 2.75) is 33.2 Å². The Balaban J connectivity index is 1.45. The molecule has 14 heteroatoms. The van der Waals surface area contributed by atoms with Crippen molar-refractivity contribution in [1.82, 2.24) is 14.9 Å². The molecular formula is C28H41N6O6PS. The van der Waals surface area contributed by atoms with E-state index in [4.69, 9.17) is 18.6 Å². The molecule has 3 aromatic rings. The molecule has 1 unspecified atom stereocenters. The first-order valence-corrected chi connectivity index (χ1v) is 17.0. The highest BCUT2D eigenvalue weighted by Crippen LogP contribution is 2.38. The summed E-state index contributed by atoms with van der Waals surface area (Å²) < 4.78 is 42.3. The minimum atomic E-state index is -3.39. The molecule has 1 aromatic carbocycles. The summed E-state index contributed by atoms with van der Waals surface area (Å²) in [6.45, 7) is 10.4. The summed E-state index contributed by atoms with van der Waals surface area (Å²) in [4.78, 5) is 27.8. The summed E-state index contributed by atoms with van der Waals surface area (Å²) in [6, 6.07) is 11.2. The van der Waals surface area contributed by atoms with Gasteiger partial charge in [-0.25, -0.2) is 13.4 Å². The molecule has 1 saturated heterocycles. The highest BCUT2D eigenvalue weighted by Gasteiger charge is 2.25. The summed E-state index contributed by atoms with van der Waals surface area (Å²) in [5.74, 6) is 0.799. The maximum atomic E-state index is 13.5. The van der Waals surface area contributed by atoms with Crippen LogP contribution in [0.1, 0.15) is 37.7 Å². The van der Waals surface area contributed by atoms with Gasteiger partial charge in [0.1, 0.15) is 5.69 Å². The monoisotopic (exact) mass is 620 g/mol. The second-order valence-corrected chi connectivity index (χ2v) is 13.4. The van der Waals surface area contributed by atoms with Gasteiger partial charge in [-0.1, -0.05) is 0 Å². The van der Waals surface area contributed by atoms with E-state index in [1.54, 1.807) is 37.6 Å². The number of fused-ring (bicyclic) bond motifs is 1. The Labute approximate surface area is 249 Å². The third-order valence-corrected chi connectivity index (χ3v) is 8.62. The number of hydrogen-bond acceptors (Lipinski definition) is 9. The van der Waals surface area contributed by atoms with Crippen molar-refractivity contribution in [2.75, 3.05) is 73.8 Å². The number of amides is 1. The fourth-order valence-electron chi connectivity index (χ4n) is 5.00. The van der Waals surface area contributed by atoms with Crippen LogP contribution in [0.15, 0.2) is 42.6 Å². The molecule has 1 amide bonds. The van der Waals surface area contributed by atoms with Crippen LogP contribution in [-0.4, -0.2) is 94.5 Å². The maximum absolute atomic E-state index is 13.5. The van der Waals surface area contributed by atoms with E-state index in [9.17, 15) is 13.2 Å². The lowest BCUT2D eigenvalue weighted by Crippen LogP contribution is -2.38. The van der Waals surface area contributed by atoms with Crippen LogP contribution in [0, 0.1) is 0 Å². The smallest absolute Gasteiger partial charge is 0.332 e. The van der Waals surface area contributed by atoms with Crippen molar-refractivity contribution >= 4 is 52.6 Å². The molecule has 1 aliphatic heterocycles. The SMILES string of the molecule is CCOP(OC)OCCN(c1cccnc1N1CCCN(C(=O)c2cc3cc(NS(C)(=O)=O)ccc3[nH]2)CC1)C(C)C. The zero-order valence-corrected chi connectivity index (χ0v) is 26.6. The van der Waals surface area contributed by atoms with Crippen LogP contribution in [0.2, 0.25) is 0 Å². The van der Waals surface area contributed by atoms with Crippen molar-refractivity contribution in [3.8, 4) is 0 Å². The molecule has 230 valence electrons. The molecule has 1 fully saturated rings. The van der Waals surface area contributed by atoms with Gasteiger partial charge in [-0.2, -0.15) is 0 Å². The van der Waals surface area contributed by atoms with Crippen molar-refractivity contribution in [1.29, 1.82) is 0 Å². The predicted molar refractivity (Wildman–Crippen MR) is 168 cm³/mol. The molecule has 2 N–H and O–H groups in total. The van der Waals surface area contributed by atoms with E-state index in [2.05, 4.69) is 39.4 Å². The van der Waals surface area contributed by atoms with E-state index in [-0.39, 0.29) is 11.9 Å². The second-order valence-electron chi connectivity index (χ2n) is 10.3. The molecule has 0 saturated carbocycles. The highest BCUT2D eigenvalue weighted by atomic mass is 32.2. The number of aromatic nitrogens is 2. The number of pyridine rings is 1. The number of rotatable bonds is 13. The van der Waals surface area contributed by atoms with E-state index in [1.807, 2.05) is 17.9 Å². The Morgan fingerprint density at radius 3 is 2.69 bits per heavy atom. The lowest BCUT2D eigenvalue weighted by Gasteiger charge is -2.33. The molecule has 12 nitrogen and oxygen atoms in total. The van der Waals surface area contributed by atoms with Crippen LogP contribution in [0.25, 0.3) is 10.9 Å². The van der Waals surface area contributed by atoms with Crippen molar-refractivity contribution in [2.24, 2.45) is 0 Å². The zero-order valence-electron chi connectivity index (χ0n) is 24.9. The van der Waals surface area contributed by atoms with Gasteiger partial charge >= 0.3 is 8.60 Å². The summed E-state index contributed by atoms with van der Waals surface area (Å²) in [7, 11) is -3.17. The zero-order chi connectivity index (χ0) is 30.3. The largest absolute Gasteiger partial charge is 0.364 e. The average Bonchev–Trinajstić information content (AvgIpc) is 3.21. The molecule has 0 aliphatic carbocycles. The number of sulfonamides is 1. The highest BCUT2D eigenvalue weighted by molar-refractivity contribution is 7.92. The lowest BCUT2D eigenvalue weighted by molar-refractivity contribution is 0.0762. The van der Waals surface area contributed by atoms with Gasteiger partial charge in [0.25, 0.3) is 5.91 Å². The first-order valence-electron chi connectivity index (χ1n) is 14.1. The molecule has 3 heterocycles. The summed E-state index contributed by atoms with van der Waals surface area (Å²) in [6.07, 6.45) is 3.70. The van der Waals surface area contributed by atoms with Gasteiger partial charge in [0.15, 0.2) is 5.82 Å². The van der Waals surface area contributed by atoms with Gasteiger partial charge in [-0.3, -0.25) is 9.52 Å². The number of carbonyl (C=O) groups excluding carboxylic acids is 1. The first-order chi connectivity index (χ1) is 20.1. The van der Waals surface area contributed by atoms with Crippen LogP contribution in [0.4, 0.5) is 17.2 Å². The molecule has 0 radical (unpaired) electrons. The molecule has 42 heavy (non-hydrogen) atoms. The molecule has 0 bridgehead atoms. The predicted octanol–water partition coefficient (Wildman–Crippen LogP) is 4.43. The Bertz CT molecular complexity index is 1450. The van der Waals surface area contributed by atoms with Gasteiger partial charge in [0, 0.05) is 68.7 Å². The fraction of sp³-hybridized carbons (Fsp3) is 0.500. The molecular weight excluding hydrogens is 579 g/mol. The van der Waals surface area contributed by atoms with Crippen LogP contribution in [-0.2, 0) is 23.6 Å². The third kappa shape index (κ3) is 8.32.